The summed E-state index contributed by atoms with van der Waals surface area (Å²) in [7, 11) is 0. The monoisotopic (exact) mass is 310 g/mol. The lowest BCUT2D eigenvalue weighted by atomic mass is 9.85. The average molecular weight is 310 g/mol. The van der Waals surface area contributed by atoms with Gasteiger partial charge in [0.2, 0.25) is 0 Å². The Balaban J connectivity index is 0.000000924. The molecule has 0 unspecified atom stereocenters. The van der Waals surface area contributed by atoms with E-state index in [1.807, 2.05) is 20.0 Å². The van der Waals surface area contributed by atoms with E-state index in [1.165, 1.54) is 18.4 Å². The molecule has 1 aliphatic carbocycles. The molecule has 0 fully saturated rings. The Bertz CT molecular complexity index is 650. The van der Waals surface area contributed by atoms with E-state index in [0.29, 0.717) is 11.6 Å². The third kappa shape index (κ3) is 4.15. The van der Waals surface area contributed by atoms with Crippen LogP contribution in [0.5, 0.6) is 0 Å². The van der Waals surface area contributed by atoms with Crippen molar-refractivity contribution in [1.82, 2.24) is 15.0 Å². The second-order valence-corrected chi connectivity index (χ2v) is 5.51. The SMILES string of the molecule is CC.CC[C@@H]1CC=C(c2cnc(N)c(-c3ncccn3)c2)CC1. The third-order valence-electron chi connectivity index (χ3n) is 4.19. The van der Waals surface area contributed by atoms with Gasteiger partial charge in [0.25, 0.3) is 0 Å². The molecule has 2 heterocycles. The van der Waals surface area contributed by atoms with Crippen molar-refractivity contribution in [3.63, 3.8) is 0 Å². The van der Waals surface area contributed by atoms with Gasteiger partial charge in [0.15, 0.2) is 5.82 Å². The Labute approximate surface area is 138 Å². The van der Waals surface area contributed by atoms with E-state index in [1.54, 1.807) is 18.5 Å². The Morgan fingerprint density at radius 2 is 1.91 bits per heavy atom. The average Bonchev–Trinajstić information content (AvgIpc) is 2.65. The molecule has 0 saturated carbocycles. The number of hydrogen-bond donors (Lipinski definition) is 1. The highest BCUT2D eigenvalue weighted by Gasteiger charge is 2.16. The van der Waals surface area contributed by atoms with Gasteiger partial charge in [-0.15, -0.1) is 0 Å². The summed E-state index contributed by atoms with van der Waals surface area (Å²) in [5, 5.41) is 0. The highest BCUT2D eigenvalue weighted by Crippen LogP contribution is 2.33. The van der Waals surface area contributed by atoms with Crippen LogP contribution in [0.4, 0.5) is 5.82 Å². The van der Waals surface area contributed by atoms with E-state index < -0.39 is 0 Å². The fourth-order valence-electron chi connectivity index (χ4n) is 2.79. The van der Waals surface area contributed by atoms with Crippen LogP contribution in [0.1, 0.15) is 52.0 Å². The molecule has 0 amide bonds. The first-order chi connectivity index (χ1) is 11.3. The Morgan fingerprint density at radius 3 is 2.52 bits per heavy atom. The minimum absolute atomic E-state index is 0.479. The van der Waals surface area contributed by atoms with Gasteiger partial charge < -0.3 is 5.73 Å². The Hall–Kier alpha value is -2.23. The number of pyridine rings is 1. The molecule has 0 saturated heterocycles. The number of rotatable bonds is 3. The summed E-state index contributed by atoms with van der Waals surface area (Å²) in [5.41, 5.74) is 9.30. The lowest BCUT2D eigenvalue weighted by Gasteiger charge is -2.21. The molecule has 0 aliphatic heterocycles. The van der Waals surface area contributed by atoms with Crippen molar-refractivity contribution in [3.05, 3.63) is 42.4 Å². The van der Waals surface area contributed by atoms with Gasteiger partial charge in [-0.2, -0.15) is 0 Å². The van der Waals surface area contributed by atoms with Crippen molar-refractivity contribution in [2.45, 2.75) is 46.5 Å². The van der Waals surface area contributed by atoms with Gasteiger partial charge in [0, 0.05) is 18.6 Å². The van der Waals surface area contributed by atoms with E-state index in [0.717, 1.165) is 29.9 Å². The van der Waals surface area contributed by atoms with Crippen LogP contribution in [0.2, 0.25) is 0 Å². The molecule has 2 N–H and O–H groups in total. The minimum atomic E-state index is 0.479. The summed E-state index contributed by atoms with van der Waals surface area (Å²) in [6, 6.07) is 3.86. The molecule has 2 aromatic rings. The van der Waals surface area contributed by atoms with Crippen LogP contribution in [0.15, 0.2) is 36.8 Å². The number of nitrogens with two attached hydrogens (primary N) is 1. The van der Waals surface area contributed by atoms with Crippen LogP contribution in [0.25, 0.3) is 17.0 Å². The standard InChI is InChI=1S/C17H20N4.C2H6/c1-2-12-4-6-13(7-5-12)14-10-15(16(18)21-11-14)17-19-8-3-9-20-17;1-2/h3,6,8-12H,2,4-5,7H2,1H3,(H2,18,21);1-2H3/t12-;/m1./s1. The maximum Gasteiger partial charge on any atom is 0.162 e. The number of nitrogens with zero attached hydrogens (tertiary/aromatic N) is 3. The number of anilines is 1. The van der Waals surface area contributed by atoms with Crippen molar-refractivity contribution < 1.29 is 0 Å². The normalized spacial score (nSPS) is 17.0. The molecule has 1 atom stereocenters. The Morgan fingerprint density at radius 1 is 1.17 bits per heavy atom. The van der Waals surface area contributed by atoms with Gasteiger partial charge in [-0.1, -0.05) is 33.3 Å². The van der Waals surface area contributed by atoms with Crippen LogP contribution in [-0.2, 0) is 0 Å². The first-order valence-electron chi connectivity index (χ1n) is 8.50. The number of allylic oxidation sites excluding steroid dienone is 2. The van der Waals surface area contributed by atoms with Crippen molar-refractivity contribution in [2.75, 3.05) is 5.73 Å². The molecule has 4 nitrogen and oxygen atoms in total. The zero-order chi connectivity index (χ0) is 16.7. The quantitative estimate of drug-likeness (QED) is 0.889. The van der Waals surface area contributed by atoms with Crippen LogP contribution >= 0.6 is 0 Å². The second kappa shape index (κ2) is 8.42. The first kappa shape index (κ1) is 17.1. The smallest absolute Gasteiger partial charge is 0.162 e. The van der Waals surface area contributed by atoms with Crippen LogP contribution in [0.3, 0.4) is 0 Å². The van der Waals surface area contributed by atoms with E-state index in [4.69, 9.17) is 5.73 Å². The van der Waals surface area contributed by atoms with E-state index in [-0.39, 0.29) is 0 Å². The zero-order valence-corrected chi connectivity index (χ0v) is 14.3. The van der Waals surface area contributed by atoms with Crippen LogP contribution in [-0.4, -0.2) is 15.0 Å². The fourth-order valence-corrected chi connectivity index (χ4v) is 2.79. The fraction of sp³-hybridized carbons (Fsp3) is 0.421. The van der Waals surface area contributed by atoms with Gasteiger partial charge in [0.05, 0.1) is 5.56 Å². The summed E-state index contributed by atoms with van der Waals surface area (Å²) < 4.78 is 0. The highest BCUT2D eigenvalue weighted by molar-refractivity contribution is 5.75. The van der Waals surface area contributed by atoms with E-state index >= 15 is 0 Å². The van der Waals surface area contributed by atoms with Gasteiger partial charge in [0.1, 0.15) is 5.82 Å². The van der Waals surface area contributed by atoms with Crippen LogP contribution in [0, 0.1) is 5.92 Å². The Kier molecular flexibility index (Phi) is 6.27. The maximum absolute atomic E-state index is 5.98. The molecular weight excluding hydrogens is 284 g/mol. The van der Waals surface area contributed by atoms with Gasteiger partial charge in [-0.25, -0.2) is 15.0 Å². The minimum Gasteiger partial charge on any atom is -0.383 e. The van der Waals surface area contributed by atoms with Gasteiger partial charge in [-0.05, 0) is 48.4 Å². The van der Waals surface area contributed by atoms with Crippen LogP contribution < -0.4 is 5.73 Å². The third-order valence-corrected chi connectivity index (χ3v) is 4.19. The zero-order valence-electron chi connectivity index (χ0n) is 14.3. The largest absolute Gasteiger partial charge is 0.383 e. The lowest BCUT2D eigenvalue weighted by Crippen LogP contribution is -2.05. The molecule has 1 aliphatic rings. The number of nitrogen functional groups attached to an aromatic ring is 1. The van der Waals surface area contributed by atoms with Crippen molar-refractivity contribution in [3.8, 4) is 11.4 Å². The summed E-state index contributed by atoms with van der Waals surface area (Å²) >= 11 is 0. The molecule has 3 rings (SSSR count). The van der Waals surface area contributed by atoms with Gasteiger partial charge >= 0.3 is 0 Å². The highest BCUT2D eigenvalue weighted by atomic mass is 14.9. The molecule has 0 spiro atoms. The molecule has 0 bridgehead atoms. The molecule has 122 valence electrons. The lowest BCUT2D eigenvalue weighted by molar-refractivity contribution is 0.470. The summed E-state index contributed by atoms with van der Waals surface area (Å²) in [4.78, 5) is 12.9. The van der Waals surface area contributed by atoms with E-state index in [9.17, 15) is 0 Å². The summed E-state index contributed by atoms with van der Waals surface area (Å²) in [6.07, 6.45) is 12.4. The van der Waals surface area contributed by atoms with Crippen molar-refractivity contribution in [2.24, 2.45) is 5.92 Å². The molecule has 23 heavy (non-hydrogen) atoms. The number of hydrogen-bond acceptors (Lipinski definition) is 4. The van der Waals surface area contributed by atoms with Crippen molar-refractivity contribution >= 4 is 11.4 Å². The van der Waals surface area contributed by atoms with E-state index in [2.05, 4.69) is 34.0 Å². The maximum atomic E-state index is 5.98. The topological polar surface area (TPSA) is 64.7 Å². The molecule has 4 heteroatoms. The molecule has 0 radical (unpaired) electrons. The predicted molar refractivity (Wildman–Crippen MR) is 96.6 cm³/mol. The summed E-state index contributed by atoms with van der Waals surface area (Å²) in [5.74, 6) is 1.94. The van der Waals surface area contributed by atoms with Gasteiger partial charge in [-0.3, -0.25) is 0 Å². The first-order valence-corrected chi connectivity index (χ1v) is 8.50. The second-order valence-electron chi connectivity index (χ2n) is 5.51. The molecule has 0 aromatic carbocycles. The number of aromatic nitrogens is 3. The van der Waals surface area contributed by atoms with Crippen molar-refractivity contribution in [1.29, 1.82) is 0 Å². The predicted octanol–water partition coefficient (Wildman–Crippen LogP) is 4.74. The molecule has 2 aromatic heterocycles. The summed E-state index contributed by atoms with van der Waals surface area (Å²) in [6.45, 7) is 6.26. The molecular formula is C19H26N4.